The maximum atomic E-state index is 10.3. The molecule has 0 aliphatic heterocycles. The number of rotatable bonds is 2. The Bertz CT molecular complexity index is 311. The average molecular weight is 152 g/mol. The first-order chi connectivity index (χ1) is 5.25. The van der Waals surface area contributed by atoms with Crippen molar-refractivity contribution in [2.75, 3.05) is 0 Å². The van der Waals surface area contributed by atoms with Crippen molar-refractivity contribution in [3.8, 4) is 6.07 Å². The van der Waals surface area contributed by atoms with Gasteiger partial charge in [0.1, 0.15) is 5.69 Å². The normalized spacial score (nSPS) is 9.00. The van der Waals surface area contributed by atoms with Gasteiger partial charge in [-0.05, 0) is 0 Å². The Hall–Kier alpha value is -1.90. The second kappa shape index (κ2) is 2.79. The van der Waals surface area contributed by atoms with Gasteiger partial charge in [0.05, 0.1) is 12.5 Å². The maximum Gasteiger partial charge on any atom is 0.358 e. The first-order valence-corrected chi connectivity index (χ1v) is 2.75. The van der Waals surface area contributed by atoms with Crippen molar-refractivity contribution < 1.29 is 9.90 Å². The highest BCUT2D eigenvalue weighted by Gasteiger charge is 2.13. The minimum absolute atomic E-state index is 0.0435. The summed E-state index contributed by atoms with van der Waals surface area (Å²) in [7, 11) is 0. The fraction of sp³-hybridized carbons (Fsp3) is 0.200. The Balaban J connectivity index is 2.98. The van der Waals surface area contributed by atoms with E-state index in [-0.39, 0.29) is 17.8 Å². The van der Waals surface area contributed by atoms with E-state index in [9.17, 15) is 4.79 Å². The number of nitriles is 1. The first-order valence-electron chi connectivity index (χ1n) is 2.75. The number of carbonyl (C=O) groups is 1. The van der Waals surface area contributed by atoms with Crippen LogP contribution in [0.2, 0.25) is 0 Å². The molecule has 0 radical (unpaired) electrons. The van der Waals surface area contributed by atoms with E-state index in [0.29, 0.717) is 0 Å². The standard InChI is InChI=1S/C5H4N4O2/c6-2-1-3-4(5(10)11)8-9-7-3/h1H2,(H,10,11)(H,7,8,9). The number of carboxylic acids is 1. The lowest BCUT2D eigenvalue weighted by molar-refractivity contribution is 0.0689. The Morgan fingerprint density at radius 1 is 1.73 bits per heavy atom. The molecule has 56 valence electrons. The van der Waals surface area contributed by atoms with Crippen molar-refractivity contribution in [1.82, 2.24) is 15.4 Å². The largest absolute Gasteiger partial charge is 0.476 e. The van der Waals surface area contributed by atoms with Gasteiger partial charge in [-0.3, -0.25) is 0 Å². The van der Waals surface area contributed by atoms with E-state index in [2.05, 4.69) is 15.4 Å². The lowest BCUT2D eigenvalue weighted by Gasteiger charge is -1.85. The van der Waals surface area contributed by atoms with E-state index in [0.717, 1.165) is 0 Å². The van der Waals surface area contributed by atoms with Crippen molar-refractivity contribution in [2.45, 2.75) is 6.42 Å². The van der Waals surface area contributed by atoms with Gasteiger partial charge in [0, 0.05) is 0 Å². The molecule has 0 aromatic carbocycles. The molecule has 6 heteroatoms. The summed E-state index contributed by atoms with van der Waals surface area (Å²) >= 11 is 0. The van der Waals surface area contributed by atoms with E-state index in [1.54, 1.807) is 6.07 Å². The molecule has 2 N–H and O–H groups in total. The van der Waals surface area contributed by atoms with Gasteiger partial charge < -0.3 is 5.11 Å². The molecular weight excluding hydrogens is 148 g/mol. The zero-order valence-corrected chi connectivity index (χ0v) is 5.40. The van der Waals surface area contributed by atoms with Crippen LogP contribution in [0.4, 0.5) is 0 Å². The van der Waals surface area contributed by atoms with Crippen molar-refractivity contribution in [2.24, 2.45) is 0 Å². The minimum atomic E-state index is -1.18. The van der Waals surface area contributed by atoms with Crippen molar-refractivity contribution >= 4 is 5.97 Å². The second-order valence-electron chi connectivity index (χ2n) is 1.76. The Labute approximate surface area is 61.5 Å². The third kappa shape index (κ3) is 1.32. The van der Waals surface area contributed by atoms with Gasteiger partial charge in [-0.2, -0.15) is 15.6 Å². The van der Waals surface area contributed by atoms with Gasteiger partial charge in [0.15, 0.2) is 5.69 Å². The van der Waals surface area contributed by atoms with Crippen LogP contribution in [0.3, 0.4) is 0 Å². The summed E-state index contributed by atoms with van der Waals surface area (Å²) in [6, 6.07) is 1.78. The van der Waals surface area contributed by atoms with Crippen LogP contribution >= 0.6 is 0 Å². The zero-order valence-electron chi connectivity index (χ0n) is 5.40. The Morgan fingerprint density at radius 3 is 3.00 bits per heavy atom. The zero-order chi connectivity index (χ0) is 8.27. The molecular formula is C5H4N4O2. The van der Waals surface area contributed by atoms with Gasteiger partial charge in [-0.1, -0.05) is 0 Å². The molecule has 0 saturated carbocycles. The molecule has 0 saturated heterocycles. The number of aromatic amines is 1. The predicted molar refractivity (Wildman–Crippen MR) is 32.7 cm³/mol. The van der Waals surface area contributed by atoms with E-state index in [1.807, 2.05) is 0 Å². The van der Waals surface area contributed by atoms with Crippen LogP contribution in [-0.4, -0.2) is 26.5 Å². The fourth-order valence-electron chi connectivity index (χ4n) is 0.622. The molecule has 0 fully saturated rings. The molecule has 0 aliphatic rings. The molecule has 1 aromatic rings. The maximum absolute atomic E-state index is 10.3. The van der Waals surface area contributed by atoms with Crippen LogP contribution in [-0.2, 0) is 6.42 Å². The minimum Gasteiger partial charge on any atom is -0.476 e. The number of aromatic nitrogens is 3. The molecule has 0 amide bonds. The predicted octanol–water partition coefficient (Wildman–Crippen LogP) is -0.431. The highest BCUT2D eigenvalue weighted by Crippen LogP contribution is 2.00. The highest BCUT2D eigenvalue weighted by molar-refractivity contribution is 5.86. The number of nitrogens with one attached hydrogen (secondary N) is 1. The van der Waals surface area contributed by atoms with Gasteiger partial charge >= 0.3 is 5.97 Å². The summed E-state index contributed by atoms with van der Waals surface area (Å²) in [6.45, 7) is 0. The van der Waals surface area contributed by atoms with Crippen molar-refractivity contribution in [3.63, 3.8) is 0 Å². The summed E-state index contributed by atoms with van der Waals surface area (Å²) in [5.74, 6) is -1.18. The van der Waals surface area contributed by atoms with Crippen LogP contribution in [0.15, 0.2) is 0 Å². The van der Waals surface area contributed by atoms with E-state index in [1.165, 1.54) is 0 Å². The van der Waals surface area contributed by atoms with Gasteiger partial charge in [-0.15, -0.1) is 5.10 Å². The molecule has 1 heterocycles. The molecule has 0 aliphatic carbocycles. The quantitative estimate of drug-likeness (QED) is 0.598. The van der Waals surface area contributed by atoms with Crippen LogP contribution in [0.1, 0.15) is 16.2 Å². The molecule has 1 aromatic heterocycles. The highest BCUT2D eigenvalue weighted by atomic mass is 16.4. The Morgan fingerprint density at radius 2 is 2.45 bits per heavy atom. The van der Waals surface area contributed by atoms with E-state index in [4.69, 9.17) is 10.4 Å². The number of nitrogens with zero attached hydrogens (tertiary/aromatic N) is 3. The third-order valence-electron chi connectivity index (χ3n) is 1.07. The second-order valence-corrected chi connectivity index (χ2v) is 1.76. The molecule has 1 rings (SSSR count). The van der Waals surface area contributed by atoms with Gasteiger partial charge in [-0.25, -0.2) is 4.79 Å². The summed E-state index contributed by atoms with van der Waals surface area (Å²) in [5, 5.41) is 25.6. The SMILES string of the molecule is N#CCc1n[nH]nc1C(=O)O. The monoisotopic (exact) mass is 152 g/mol. The number of hydrogen-bond acceptors (Lipinski definition) is 4. The number of H-pyrrole nitrogens is 1. The van der Waals surface area contributed by atoms with Crippen LogP contribution in [0, 0.1) is 11.3 Å². The molecule has 6 nitrogen and oxygen atoms in total. The third-order valence-corrected chi connectivity index (χ3v) is 1.07. The van der Waals surface area contributed by atoms with Crippen molar-refractivity contribution in [1.29, 1.82) is 5.26 Å². The topological polar surface area (TPSA) is 103 Å². The molecule has 11 heavy (non-hydrogen) atoms. The van der Waals surface area contributed by atoms with E-state index < -0.39 is 5.97 Å². The molecule has 0 bridgehead atoms. The summed E-state index contributed by atoms with van der Waals surface area (Å²) in [4.78, 5) is 10.3. The van der Waals surface area contributed by atoms with Gasteiger partial charge in [0.2, 0.25) is 0 Å². The molecule has 0 spiro atoms. The first kappa shape index (κ1) is 7.21. The Kier molecular flexibility index (Phi) is 1.83. The molecule has 0 atom stereocenters. The average Bonchev–Trinajstić information content (AvgIpc) is 2.36. The fourth-order valence-corrected chi connectivity index (χ4v) is 0.622. The summed E-state index contributed by atoms with van der Waals surface area (Å²) in [5.41, 5.74) is -0.0217. The van der Waals surface area contributed by atoms with Crippen LogP contribution in [0.25, 0.3) is 0 Å². The van der Waals surface area contributed by atoms with Crippen LogP contribution < -0.4 is 0 Å². The van der Waals surface area contributed by atoms with E-state index >= 15 is 0 Å². The summed E-state index contributed by atoms with van der Waals surface area (Å²) in [6.07, 6.45) is -0.0435. The molecule has 0 unspecified atom stereocenters. The number of carboxylic acid groups (broad SMARTS) is 1. The smallest absolute Gasteiger partial charge is 0.358 e. The lowest BCUT2D eigenvalue weighted by atomic mass is 10.2. The number of aromatic carboxylic acids is 1. The number of hydrogen-bond donors (Lipinski definition) is 2. The summed E-state index contributed by atoms with van der Waals surface area (Å²) < 4.78 is 0. The van der Waals surface area contributed by atoms with Crippen molar-refractivity contribution in [3.05, 3.63) is 11.4 Å². The van der Waals surface area contributed by atoms with Crippen LogP contribution in [0.5, 0.6) is 0 Å². The van der Waals surface area contributed by atoms with Gasteiger partial charge in [0.25, 0.3) is 0 Å². The lowest BCUT2D eigenvalue weighted by Crippen LogP contribution is -2.01.